The van der Waals surface area contributed by atoms with Crippen molar-refractivity contribution in [3.63, 3.8) is 0 Å². The molecule has 89 heavy (non-hydrogen) atoms. The summed E-state index contributed by atoms with van der Waals surface area (Å²) >= 11 is 0. The Hall–Kier alpha value is -2.83. The molecule has 0 bridgehead atoms. The van der Waals surface area contributed by atoms with E-state index in [9.17, 15) is 45.6 Å². The van der Waals surface area contributed by atoms with Gasteiger partial charge in [-0.3, -0.25) is 4.79 Å². The number of aliphatic hydroxyl groups is 8. The van der Waals surface area contributed by atoms with Crippen LogP contribution in [-0.4, -0.2) is 140 Å². The first-order chi connectivity index (χ1) is 43.6. The quantitative estimate of drug-likeness (QED) is 0.0204. The molecule has 0 spiro atoms. The number of unbranched alkanes of at least 4 members (excludes halogenated alkanes) is 34. The molecule has 14 heteroatoms. The van der Waals surface area contributed by atoms with Gasteiger partial charge in [0, 0.05) is 6.42 Å². The van der Waals surface area contributed by atoms with Gasteiger partial charge in [-0.05, 0) is 77.0 Å². The Bertz CT molecular complexity index is 1820. The van der Waals surface area contributed by atoms with Crippen LogP contribution in [0.4, 0.5) is 0 Å². The van der Waals surface area contributed by atoms with Crippen molar-refractivity contribution in [1.29, 1.82) is 0 Å². The summed E-state index contributed by atoms with van der Waals surface area (Å²) in [5.74, 6) is -0.247. The first kappa shape index (κ1) is 82.3. The van der Waals surface area contributed by atoms with Crippen LogP contribution in [0.25, 0.3) is 0 Å². The van der Waals surface area contributed by atoms with Crippen LogP contribution in [0.1, 0.15) is 290 Å². The molecule has 0 aromatic rings. The van der Waals surface area contributed by atoms with E-state index >= 15 is 0 Å². The van der Waals surface area contributed by atoms with Crippen molar-refractivity contribution in [2.75, 3.05) is 19.8 Å². The molecule has 1 amide bonds. The molecule has 14 nitrogen and oxygen atoms in total. The Morgan fingerprint density at radius 3 is 1.24 bits per heavy atom. The fourth-order valence-electron chi connectivity index (χ4n) is 11.6. The van der Waals surface area contributed by atoms with Crippen LogP contribution in [0, 0.1) is 0 Å². The van der Waals surface area contributed by atoms with Gasteiger partial charge in [0.1, 0.15) is 48.8 Å². The Labute approximate surface area is 541 Å². The van der Waals surface area contributed by atoms with Gasteiger partial charge in [0.2, 0.25) is 5.91 Å². The molecule has 0 saturated carbocycles. The largest absolute Gasteiger partial charge is 0.394 e. The van der Waals surface area contributed by atoms with Gasteiger partial charge in [-0.15, -0.1) is 0 Å². The van der Waals surface area contributed by atoms with E-state index in [1.807, 2.05) is 6.08 Å². The van der Waals surface area contributed by atoms with Gasteiger partial charge in [0.05, 0.1) is 32.0 Å². The monoisotopic (exact) mass is 1260 g/mol. The van der Waals surface area contributed by atoms with Crippen molar-refractivity contribution in [2.45, 2.75) is 364 Å². The molecule has 2 fully saturated rings. The number of nitrogens with one attached hydrogen (secondary N) is 1. The molecule has 9 N–H and O–H groups in total. The number of allylic oxidation sites excluding steroid dienone is 13. The number of hydrogen-bond donors (Lipinski definition) is 9. The number of ether oxygens (including phenoxy) is 4. The highest BCUT2D eigenvalue weighted by Gasteiger charge is 2.51. The zero-order valence-electron chi connectivity index (χ0n) is 56.2. The Morgan fingerprint density at radius 1 is 0.416 bits per heavy atom. The normalized spacial score (nSPS) is 23.5. The van der Waals surface area contributed by atoms with E-state index in [1.54, 1.807) is 6.08 Å². The van der Waals surface area contributed by atoms with Gasteiger partial charge >= 0.3 is 0 Å². The zero-order valence-corrected chi connectivity index (χ0v) is 56.2. The van der Waals surface area contributed by atoms with Gasteiger partial charge < -0.3 is 65.1 Å². The van der Waals surface area contributed by atoms with Crippen LogP contribution in [0.3, 0.4) is 0 Å². The third-order valence-electron chi connectivity index (χ3n) is 17.3. The number of aliphatic hydroxyl groups excluding tert-OH is 8. The summed E-state index contributed by atoms with van der Waals surface area (Å²) in [6.07, 6.45) is 65.3. The van der Waals surface area contributed by atoms with Crippen LogP contribution in [0.2, 0.25) is 0 Å². The van der Waals surface area contributed by atoms with Gasteiger partial charge in [0.15, 0.2) is 12.6 Å². The van der Waals surface area contributed by atoms with Gasteiger partial charge in [-0.1, -0.05) is 292 Å². The minimum absolute atomic E-state index is 0.247. The standard InChI is InChI=1S/C75H133NO13/c1-3-5-7-9-11-13-15-17-19-20-21-22-23-24-25-26-27-28-29-30-31-32-33-34-35-36-37-38-39-40-41-42-43-44-45-47-49-51-53-55-57-59-67(80)76-63(64(79)58-56-54-52-50-48-46-18-16-14-12-10-8-6-4-2)62-86-74-72(85)70(83)73(66(61-78)88-74)89-75-71(84)69(82)68(81)65(60-77)87-75/h5,7,11,13,17,19,21-22,24-25,48,50,56,58,63-66,68-75,77-79,81-85H,3-4,6,8-10,12,14-16,18,20,23,26-47,49,51-55,57,59-62H2,1-2H3,(H,76,80)/b7-5-,13-11-,19-17-,22-21-,25-24-,50-48+,58-56+. The minimum Gasteiger partial charge on any atom is -0.394 e. The van der Waals surface area contributed by atoms with Gasteiger partial charge in [0.25, 0.3) is 0 Å². The van der Waals surface area contributed by atoms with Crippen LogP contribution < -0.4 is 5.32 Å². The molecule has 2 rings (SSSR count). The molecule has 12 unspecified atom stereocenters. The van der Waals surface area contributed by atoms with E-state index in [0.717, 1.165) is 64.2 Å². The van der Waals surface area contributed by atoms with Crippen molar-refractivity contribution in [2.24, 2.45) is 0 Å². The van der Waals surface area contributed by atoms with Crippen LogP contribution in [0.15, 0.2) is 85.1 Å². The van der Waals surface area contributed by atoms with E-state index in [-0.39, 0.29) is 18.9 Å². The Balaban J connectivity index is 1.55. The summed E-state index contributed by atoms with van der Waals surface area (Å²) in [6.45, 7) is 2.67. The zero-order chi connectivity index (χ0) is 64.5. The average Bonchev–Trinajstić information content (AvgIpc) is 2.74. The summed E-state index contributed by atoms with van der Waals surface area (Å²) in [6, 6.07) is -0.932. The Morgan fingerprint density at radius 2 is 0.787 bits per heavy atom. The lowest BCUT2D eigenvalue weighted by Gasteiger charge is -2.46. The maximum absolute atomic E-state index is 13.3. The van der Waals surface area contributed by atoms with E-state index in [1.165, 1.54) is 193 Å². The summed E-state index contributed by atoms with van der Waals surface area (Å²) in [4.78, 5) is 13.3. The summed E-state index contributed by atoms with van der Waals surface area (Å²) in [7, 11) is 0. The molecule has 2 heterocycles. The van der Waals surface area contributed by atoms with Crippen molar-refractivity contribution in [1.82, 2.24) is 5.32 Å². The molecule has 2 aliphatic rings. The van der Waals surface area contributed by atoms with Crippen molar-refractivity contribution in [3.05, 3.63) is 85.1 Å². The lowest BCUT2D eigenvalue weighted by Crippen LogP contribution is -2.65. The first-order valence-electron chi connectivity index (χ1n) is 36.3. The molecule has 2 aliphatic heterocycles. The lowest BCUT2D eigenvalue weighted by molar-refractivity contribution is -0.359. The average molecular weight is 1260 g/mol. The number of rotatable bonds is 59. The maximum atomic E-state index is 13.3. The van der Waals surface area contributed by atoms with Crippen LogP contribution in [0.5, 0.6) is 0 Å². The van der Waals surface area contributed by atoms with Crippen LogP contribution in [-0.2, 0) is 23.7 Å². The predicted molar refractivity (Wildman–Crippen MR) is 364 cm³/mol. The van der Waals surface area contributed by atoms with Crippen molar-refractivity contribution < 1.29 is 64.6 Å². The topological polar surface area (TPSA) is 228 Å². The van der Waals surface area contributed by atoms with E-state index in [4.69, 9.17) is 18.9 Å². The number of hydrogen-bond acceptors (Lipinski definition) is 13. The highest BCUT2D eigenvalue weighted by atomic mass is 16.7. The highest BCUT2D eigenvalue weighted by Crippen LogP contribution is 2.30. The fraction of sp³-hybridized carbons (Fsp3) is 0.800. The molecule has 0 aromatic carbocycles. The first-order valence-corrected chi connectivity index (χ1v) is 36.3. The molecule has 2 saturated heterocycles. The minimum atomic E-state index is -1.79. The fourth-order valence-corrected chi connectivity index (χ4v) is 11.6. The molecule has 516 valence electrons. The number of carbonyl (C=O) groups excluding carboxylic acids is 1. The third kappa shape index (κ3) is 42.9. The van der Waals surface area contributed by atoms with Gasteiger partial charge in [-0.2, -0.15) is 0 Å². The molecule has 0 aromatic heterocycles. The van der Waals surface area contributed by atoms with Gasteiger partial charge in [-0.25, -0.2) is 0 Å². The molecule has 0 radical (unpaired) electrons. The van der Waals surface area contributed by atoms with E-state index in [0.29, 0.717) is 12.8 Å². The van der Waals surface area contributed by atoms with Crippen LogP contribution >= 0.6 is 0 Å². The molecule has 12 atom stereocenters. The number of carbonyl (C=O) groups is 1. The summed E-state index contributed by atoms with van der Waals surface area (Å²) in [5, 5.41) is 87.2. The second-order valence-corrected chi connectivity index (χ2v) is 25.3. The second-order valence-electron chi connectivity index (χ2n) is 25.3. The predicted octanol–water partition coefficient (Wildman–Crippen LogP) is 15.2. The Kier molecular flexibility index (Phi) is 54.5. The second kappa shape index (κ2) is 59.0. The smallest absolute Gasteiger partial charge is 0.220 e. The van der Waals surface area contributed by atoms with Crippen molar-refractivity contribution in [3.8, 4) is 0 Å². The van der Waals surface area contributed by atoms with E-state index < -0.39 is 86.8 Å². The SMILES string of the molecule is CC/C=C\C/C=C\C/C=C\C/C=C\C/C=C\CCCCCCCCCCCCCCCCCCCCCCCCCCCC(=O)NC(COC1OC(CO)C(OC2OC(CO)C(O)C(O)C2O)C(O)C1O)C(O)/C=C/CC/C=C/CCCCCCCCCC. The summed E-state index contributed by atoms with van der Waals surface area (Å²) < 4.78 is 22.8. The third-order valence-corrected chi connectivity index (χ3v) is 17.3. The number of amides is 1. The molecule has 0 aliphatic carbocycles. The molecular formula is C75H133NO13. The maximum Gasteiger partial charge on any atom is 0.220 e. The highest BCUT2D eigenvalue weighted by molar-refractivity contribution is 5.76. The van der Waals surface area contributed by atoms with E-state index in [2.05, 4.69) is 92.1 Å². The summed E-state index contributed by atoms with van der Waals surface area (Å²) in [5.41, 5.74) is 0. The van der Waals surface area contributed by atoms with Crippen molar-refractivity contribution >= 4 is 5.91 Å². The molecular weight excluding hydrogens is 1120 g/mol. The lowest BCUT2D eigenvalue weighted by atomic mass is 9.97.